The van der Waals surface area contributed by atoms with E-state index in [9.17, 15) is 0 Å². The highest BCUT2D eigenvalue weighted by Crippen LogP contribution is 2.31. The molecule has 0 saturated heterocycles. The van der Waals surface area contributed by atoms with Crippen LogP contribution in [0.5, 0.6) is 11.5 Å². The van der Waals surface area contributed by atoms with Crippen LogP contribution in [0.15, 0.2) is 36.4 Å². The highest BCUT2D eigenvalue weighted by molar-refractivity contribution is 6.30. The predicted molar refractivity (Wildman–Crippen MR) is 74.7 cm³/mol. The molecular weight excluding hydrogens is 258 g/mol. The minimum absolute atomic E-state index is 0.452. The van der Waals surface area contributed by atoms with Crippen molar-refractivity contribution in [3.05, 3.63) is 58.1 Å². The summed E-state index contributed by atoms with van der Waals surface area (Å²) in [5.74, 6) is 1.32. The van der Waals surface area contributed by atoms with Gasteiger partial charge in [-0.25, -0.2) is 0 Å². The first-order chi connectivity index (χ1) is 9.26. The summed E-state index contributed by atoms with van der Waals surface area (Å²) in [6.45, 7) is 0. The Morgan fingerprint density at radius 1 is 1.05 bits per heavy atom. The molecule has 1 aliphatic carbocycles. The first-order valence-corrected chi connectivity index (χ1v) is 6.63. The van der Waals surface area contributed by atoms with Gasteiger partial charge in [-0.3, -0.25) is 0 Å². The number of halogens is 1. The first-order valence-electron chi connectivity index (χ1n) is 6.25. The van der Waals surface area contributed by atoms with Crippen molar-refractivity contribution in [2.75, 3.05) is 0 Å². The molecular formula is C16H12ClNO. The number of rotatable bonds is 2. The second kappa shape index (κ2) is 4.95. The molecule has 0 amide bonds. The molecule has 0 aliphatic heterocycles. The van der Waals surface area contributed by atoms with Crippen LogP contribution < -0.4 is 4.74 Å². The van der Waals surface area contributed by atoms with Crippen LogP contribution in [0.25, 0.3) is 0 Å². The number of hydrogen-bond acceptors (Lipinski definition) is 2. The fourth-order valence-electron chi connectivity index (χ4n) is 2.42. The van der Waals surface area contributed by atoms with Gasteiger partial charge in [0.25, 0.3) is 0 Å². The number of fused-ring (bicyclic) bond motifs is 1. The molecule has 0 radical (unpaired) electrons. The Bertz CT molecular complexity index is 673. The molecule has 0 fully saturated rings. The number of hydrogen-bond donors (Lipinski definition) is 0. The van der Waals surface area contributed by atoms with Crippen LogP contribution in [0.3, 0.4) is 0 Å². The van der Waals surface area contributed by atoms with Gasteiger partial charge in [-0.1, -0.05) is 17.7 Å². The van der Waals surface area contributed by atoms with Crippen molar-refractivity contribution >= 4 is 11.6 Å². The zero-order chi connectivity index (χ0) is 13.2. The number of nitriles is 1. The molecule has 0 aromatic heterocycles. The fraction of sp³-hybridized carbons (Fsp3) is 0.188. The van der Waals surface area contributed by atoms with Crippen LogP contribution in [0.4, 0.5) is 0 Å². The maximum absolute atomic E-state index is 9.09. The van der Waals surface area contributed by atoms with Gasteiger partial charge in [0.1, 0.15) is 17.6 Å². The zero-order valence-corrected chi connectivity index (χ0v) is 11.1. The number of nitrogens with zero attached hydrogens (tertiary/aromatic N) is 1. The van der Waals surface area contributed by atoms with E-state index in [0.717, 1.165) is 18.6 Å². The highest BCUT2D eigenvalue weighted by Gasteiger charge is 2.12. The maximum atomic E-state index is 9.09. The fourth-order valence-corrected chi connectivity index (χ4v) is 2.59. The SMILES string of the molecule is N#Cc1cc(Cl)ccc1Oc1ccc2c(c1)CCC2. The summed E-state index contributed by atoms with van der Waals surface area (Å²) < 4.78 is 5.80. The Morgan fingerprint density at radius 3 is 2.74 bits per heavy atom. The molecule has 0 bridgehead atoms. The van der Waals surface area contributed by atoms with E-state index in [-0.39, 0.29) is 0 Å². The summed E-state index contributed by atoms with van der Waals surface area (Å²) in [5.41, 5.74) is 3.21. The molecule has 3 rings (SSSR count). The van der Waals surface area contributed by atoms with Crippen molar-refractivity contribution in [2.45, 2.75) is 19.3 Å². The van der Waals surface area contributed by atoms with Crippen molar-refractivity contribution in [3.63, 3.8) is 0 Å². The van der Waals surface area contributed by atoms with Crippen molar-refractivity contribution in [2.24, 2.45) is 0 Å². The molecule has 94 valence electrons. The Balaban J connectivity index is 1.92. The van der Waals surface area contributed by atoms with E-state index in [2.05, 4.69) is 18.2 Å². The Kier molecular flexibility index (Phi) is 3.15. The van der Waals surface area contributed by atoms with Crippen LogP contribution in [0.2, 0.25) is 5.02 Å². The lowest BCUT2D eigenvalue weighted by Gasteiger charge is -2.09. The molecule has 0 spiro atoms. The largest absolute Gasteiger partial charge is 0.456 e. The lowest BCUT2D eigenvalue weighted by atomic mass is 10.1. The van der Waals surface area contributed by atoms with Gasteiger partial charge < -0.3 is 4.74 Å². The minimum atomic E-state index is 0.452. The molecule has 3 heteroatoms. The average Bonchev–Trinajstić information content (AvgIpc) is 2.88. The third kappa shape index (κ3) is 2.43. The molecule has 2 aromatic carbocycles. The van der Waals surface area contributed by atoms with Gasteiger partial charge in [0.05, 0.1) is 5.56 Å². The zero-order valence-electron chi connectivity index (χ0n) is 10.3. The maximum Gasteiger partial charge on any atom is 0.145 e. The van der Waals surface area contributed by atoms with Crippen LogP contribution in [-0.4, -0.2) is 0 Å². The van der Waals surface area contributed by atoms with Gasteiger partial charge in [0.2, 0.25) is 0 Å². The monoisotopic (exact) mass is 269 g/mol. The van der Waals surface area contributed by atoms with E-state index < -0.39 is 0 Å². The van der Waals surface area contributed by atoms with Crippen molar-refractivity contribution < 1.29 is 4.74 Å². The average molecular weight is 270 g/mol. The second-order valence-corrected chi connectivity index (χ2v) is 5.07. The van der Waals surface area contributed by atoms with E-state index in [4.69, 9.17) is 21.6 Å². The van der Waals surface area contributed by atoms with E-state index in [1.165, 1.54) is 17.5 Å². The van der Waals surface area contributed by atoms with E-state index in [1.807, 2.05) is 6.07 Å². The Morgan fingerprint density at radius 2 is 1.89 bits per heavy atom. The van der Waals surface area contributed by atoms with Crippen LogP contribution >= 0.6 is 11.6 Å². The van der Waals surface area contributed by atoms with Crippen molar-refractivity contribution in [1.29, 1.82) is 5.26 Å². The quantitative estimate of drug-likeness (QED) is 0.804. The van der Waals surface area contributed by atoms with E-state index >= 15 is 0 Å². The number of aryl methyl sites for hydroxylation is 2. The second-order valence-electron chi connectivity index (χ2n) is 4.64. The third-order valence-electron chi connectivity index (χ3n) is 3.36. The molecule has 0 atom stereocenters. The van der Waals surface area contributed by atoms with Crippen LogP contribution in [-0.2, 0) is 12.8 Å². The van der Waals surface area contributed by atoms with Gasteiger partial charge in [0, 0.05) is 5.02 Å². The Hall–Kier alpha value is -1.98. The van der Waals surface area contributed by atoms with Crippen molar-refractivity contribution in [1.82, 2.24) is 0 Å². The van der Waals surface area contributed by atoms with Gasteiger partial charge in [-0.15, -0.1) is 0 Å². The summed E-state index contributed by atoms with van der Waals surface area (Å²) in [6, 6.07) is 13.3. The lowest BCUT2D eigenvalue weighted by Crippen LogP contribution is -1.90. The standard InChI is InChI=1S/C16H12ClNO/c17-14-5-7-16(13(8-14)10-18)19-15-6-4-11-2-1-3-12(11)9-15/h4-9H,1-3H2. The molecule has 0 N–H and O–H groups in total. The molecule has 1 aliphatic rings. The molecule has 0 heterocycles. The predicted octanol–water partition coefficient (Wildman–Crippen LogP) is 4.49. The normalized spacial score (nSPS) is 12.8. The molecule has 0 unspecified atom stereocenters. The highest BCUT2D eigenvalue weighted by atomic mass is 35.5. The van der Waals surface area contributed by atoms with Gasteiger partial charge >= 0.3 is 0 Å². The van der Waals surface area contributed by atoms with Crippen molar-refractivity contribution in [3.8, 4) is 17.6 Å². The van der Waals surface area contributed by atoms with Crippen LogP contribution in [0.1, 0.15) is 23.1 Å². The lowest BCUT2D eigenvalue weighted by molar-refractivity contribution is 0.480. The topological polar surface area (TPSA) is 33.0 Å². The summed E-state index contributed by atoms with van der Waals surface area (Å²) in [6.07, 6.45) is 3.47. The number of ether oxygens (including phenoxy) is 1. The third-order valence-corrected chi connectivity index (χ3v) is 3.59. The smallest absolute Gasteiger partial charge is 0.145 e. The molecule has 2 nitrogen and oxygen atoms in total. The molecule has 19 heavy (non-hydrogen) atoms. The van der Waals surface area contributed by atoms with Gasteiger partial charge in [0.15, 0.2) is 0 Å². The summed E-state index contributed by atoms with van der Waals surface area (Å²) in [4.78, 5) is 0. The van der Waals surface area contributed by atoms with Crippen LogP contribution in [0, 0.1) is 11.3 Å². The van der Waals surface area contributed by atoms with Gasteiger partial charge in [-0.05, 0) is 60.7 Å². The van der Waals surface area contributed by atoms with E-state index in [1.54, 1.807) is 18.2 Å². The minimum Gasteiger partial charge on any atom is -0.456 e. The Labute approximate surface area is 117 Å². The molecule has 0 saturated carbocycles. The van der Waals surface area contributed by atoms with E-state index in [0.29, 0.717) is 16.3 Å². The first kappa shape index (κ1) is 12.1. The molecule has 2 aromatic rings. The number of benzene rings is 2. The summed E-state index contributed by atoms with van der Waals surface area (Å²) in [7, 11) is 0. The van der Waals surface area contributed by atoms with Gasteiger partial charge in [-0.2, -0.15) is 5.26 Å². The summed E-state index contributed by atoms with van der Waals surface area (Å²) >= 11 is 5.87. The summed E-state index contributed by atoms with van der Waals surface area (Å²) in [5, 5.41) is 9.63.